The summed E-state index contributed by atoms with van der Waals surface area (Å²) in [5, 5.41) is 12.1. The number of ether oxygens (including phenoxy) is 2. The minimum Gasteiger partial charge on any atom is -0.454 e. The van der Waals surface area contributed by atoms with Gasteiger partial charge >= 0.3 is 0 Å². The normalized spacial score (nSPS) is 12.0. The van der Waals surface area contributed by atoms with Gasteiger partial charge in [-0.1, -0.05) is 22.0 Å². The van der Waals surface area contributed by atoms with E-state index in [4.69, 9.17) is 14.7 Å². The van der Waals surface area contributed by atoms with Gasteiger partial charge in [0.25, 0.3) is 0 Å². The van der Waals surface area contributed by atoms with Gasteiger partial charge in [0.1, 0.15) is 17.4 Å². The van der Waals surface area contributed by atoms with Crippen LogP contribution in [-0.4, -0.2) is 6.79 Å². The first-order chi connectivity index (χ1) is 10.2. The highest BCUT2D eigenvalue weighted by Gasteiger charge is 2.16. The Morgan fingerprint density at radius 1 is 1.29 bits per heavy atom. The molecular formula is C15H10BrFN2O2. The summed E-state index contributed by atoms with van der Waals surface area (Å²) in [6.07, 6.45) is 0. The Kier molecular flexibility index (Phi) is 3.67. The summed E-state index contributed by atoms with van der Waals surface area (Å²) in [6.45, 7) is 0.635. The summed E-state index contributed by atoms with van der Waals surface area (Å²) in [6, 6.07) is 10.0. The van der Waals surface area contributed by atoms with Gasteiger partial charge < -0.3 is 14.8 Å². The zero-order valence-corrected chi connectivity index (χ0v) is 12.4. The first-order valence-electron chi connectivity index (χ1n) is 6.19. The molecule has 6 heteroatoms. The summed E-state index contributed by atoms with van der Waals surface area (Å²) in [5.41, 5.74) is 1.39. The Hall–Kier alpha value is -2.26. The molecule has 4 nitrogen and oxygen atoms in total. The molecule has 2 aromatic carbocycles. The summed E-state index contributed by atoms with van der Waals surface area (Å²) in [5.74, 6) is 0.830. The lowest BCUT2D eigenvalue weighted by Gasteiger charge is -2.11. The van der Waals surface area contributed by atoms with Crippen molar-refractivity contribution in [2.75, 3.05) is 12.1 Å². The Bertz CT molecular complexity index is 743. The van der Waals surface area contributed by atoms with Gasteiger partial charge in [-0.3, -0.25) is 0 Å². The third-order valence-electron chi connectivity index (χ3n) is 3.14. The van der Waals surface area contributed by atoms with Crippen molar-refractivity contribution in [1.82, 2.24) is 0 Å². The standard InChI is InChI=1S/C15H10BrFN2O2/c16-11-5-15-14(20-8-21-15)4-9(11)7-19-13-3-1-2-12(17)10(13)6-18/h1-5,19H,7-8H2. The molecule has 3 rings (SSSR count). The van der Waals surface area contributed by atoms with Crippen molar-refractivity contribution in [3.63, 3.8) is 0 Å². The van der Waals surface area contributed by atoms with Crippen LogP contribution in [0, 0.1) is 17.1 Å². The van der Waals surface area contributed by atoms with E-state index in [1.165, 1.54) is 6.07 Å². The summed E-state index contributed by atoms with van der Waals surface area (Å²) in [4.78, 5) is 0. The van der Waals surface area contributed by atoms with E-state index in [0.29, 0.717) is 23.7 Å². The van der Waals surface area contributed by atoms with Crippen LogP contribution in [0.1, 0.15) is 11.1 Å². The fourth-order valence-corrected chi connectivity index (χ4v) is 2.53. The number of anilines is 1. The second kappa shape index (κ2) is 5.62. The van der Waals surface area contributed by atoms with Crippen molar-refractivity contribution in [3.8, 4) is 17.6 Å². The van der Waals surface area contributed by atoms with Gasteiger partial charge in [-0.2, -0.15) is 5.26 Å². The quantitative estimate of drug-likeness (QED) is 0.916. The molecule has 106 valence electrons. The number of nitrogens with zero attached hydrogens (tertiary/aromatic N) is 1. The number of rotatable bonds is 3. The van der Waals surface area contributed by atoms with Crippen LogP contribution in [0.2, 0.25) is 0 Å². The van der Waals surface area contributed by atoms with Crippen LogP contribution in [0.15, 0.2) is 34.8 Å². The van der Waals surface area contributed by atoms with E-state index in [1.54, 1.807) is 12.1 Å². The predicted molar refractivity (Wildman–Crippen MR) is 78.7 cm³/mol. The molecule has 0 aromatic heterocycles. The first-order valence-corrected chi connectivity index (χ1v) is 6.99. The minimum atomic E-state index is -0.535. The Morgan fingerprint density at radius 3 is 2.81 bits per heavy atom. The fraction of sp³-hybridized carbons (Fsp3) is 0.133. The van der Waals surface area contributed by atoms with Gasteiger partial charge in [0, 0.05) is 11.0 Å². The third-order valence-corrected chi connectivity index (χ3v) is 3.87. The molecule has 0 spiro atoms. The molecule has 1 aliphatic rings. The number of hydrogen-bond donors (Lipinski definition) is 1. The number of nitriles is 1. The van der Waals surface area contributed by atoms with Crippen molar-refractivity contribution in [2.24, 2.45) is 0 Å². The molecule has 0 aliphatic carbocycles. The molecular weight excluding hydrogens is 339 g/mol. The largest absolute Gasteiger partial charge is 0.454 e. The van der Waals surface area contributed by atoms with Gasteiger partial charge in [0.15, 0.2) is 11.5 Å². The third kappa shape index (κ3) is 2.65. The average molecular weight is 349 g/mol. The molecule has 21 heavy (non-hydrogen) atoms. The highest BCUT2D eigenvalue weighted by Crippen LogP contribution is 2.37. The maximum absolute atomic E-state index is 13.5. The van der Waals surface area contributed by atoms with Crippen LogP contribution in [0.25, 0.3) is 0 Å². The second-order valence-electron chi connectivity index (χ2n) is 4.42. The Labute approximate surface area is 129 Å². The van der Waals surface area contributed by atoms with Crippen molar-refractivity contribution in [2.45, 2.75) is 6.54 Å². The topological polar surface area (TPSA) is 54.3 Å². The van der Waals surface area contributed by atoms with Crippen molar-refractivity contribution in [3.05, 3.63) is 51.7 Å². The smallest absolute Gasteiger partial charge is 0.231 e. The highest BCUT2D eigenvalue weighted by molar-refractivity contribution is 9.10. The molecule has 0 fully saturated rings. The van der Waals surface area contributed by atoms with E-state index in [-0.39, 0.29) is 12.4 Å². The maximum Gasteiger partial charge on any atom is 0.231 e. The van der Waals surface area contributed by atoms with Crippen molar-refractivity contribution >= 4 is 21.6 Å². The zero-order chi connectivity index (χ0) is 14.8. The lowest BCUT2D eigenvalue weighted by Crippen LogP contribution is -2.03. The van der Waals surface area contributed by atoms with Crippen molar-refractivity contribution < 1.29 is 13.9 Å². The molecule has 0 bridgehead atoms. The van der Waals surface area contributed by atoms with E-state index in [1.807, 2.05) is 18.2 Å². The zero-order valence-electron chi connectivity index (χ0n) is 10.8. The summed E-state index contributed by atoms with van der Waals surface area (Å²) < 4.78 is 25.0. The van der Waals surface area contributed by atoms with Crippen molar-refractivity contribution in [1.29, 1.82) is 5.26 Å². The predicted octanol–water partition coefficient (Wildman–Crippen LogP) is 3.80. The first kappa shape index (κ1) is 13.7. The molecule has 0 amide bonds. The monoisotopic (exact) mass is 348 g/mol. The number of nitrogens with one attached hydrogen (secondary N) is 1. The Balaban J connectivity index is 1.83. The summed E-state index contributed by atoms with van der Waals surface area (Å²) in [7, 11) is 0. The highest BCUT2D eigenvalue weighted by atomic mass is 79.9. The van der Waals surface area contributed by atoms with Gasteiger partial charge in [0.05, 0.1) is 5.69 Å². The fourth-order valence-electron chi connectivity index (χ4n) is 2.07. The molecule has 1 N–H and O–H groups in total. The SMILES string of the molecule is N#Cc1c(F)cccc1NCc1cc2c(cc1Br)OCO2. The van der Waals surface area contributed by atoms with E-state index >= 15 is 0 Å². The van der Waals surface area contributed by atoms with E-state index in [0.717, 1.165) is 10.0 Å². The lowest BCUT2D eigenvalue weighted by molar-refractivity contribution is 0.174. The van der Waals surface area contributed by atoms with E-state index in [9.17, 15) is 4.39 Å². The van der Waals surface area contributed by atoms with Crippen LogP contribution in [0.4, 0.5) is 10.1 Å². The van der Waals surface area contributed by atoms with Gasteiger partial charge in [-0.15, -0.1) is 0 Å². The molecule has 0 atom stereocenters. The molecule has 0 saturated carbocycles. The molecule has 1 aliphatic heterocycles. The average Bonchev–Trinajstić information content (AvgIpc) is 2.91. The molecule has 0 radical (unpaired) electrons. The number of halogens is 2. The number of hydrogen-bond acceptors (Lipinski definition) is 4. The van der Waals surface area contributed by atoms with Crippen LogP contribution >= 0.6 is 15.9 Å². The van der Waals surface area contributed by atoms with Crippen LogP contribution in [-0.2, 0) is 6.54 Å². The number of benzene rings is 2. The van der Waals surface area contributed by atoms with Gasteiger partial charge in [-0.05, 0) is 29.8 Å². The summed E-state index contributed by atoms with van der Waals surface area (Å²) >= 11 is 3.46. The Morgan fingerprint density at radius 2 is 2.05 bits per heavy atom. The van der Waals surface area contributed by atoms with E-state index in [2.05, 4.69) is 21.2 Å². The lowest BCUT2D eigenvalue weighted by atomic mass is 10.1. The van der Waals surface area contributed by atoms with E-state index < -0.39 is 5.82 Å². The maximum atomic E-state index is 13.5. The van der Waals surface area contributed by atoms with Gasteiger partial charge in [0.2, 0.25) is 6.79 Å². The van der Waals surface area contributed by atoms with Gasteiger partial charge in [-0.25, -0.2) is 4.39 Å². The van der Waals surface area contributed by atoms with Crippen LogP contribution in [0.5, 0.6) is 11.5 Å². The number of fused-ring (bicyclic) bond motifs is 1. The molecule has 0 saturated heterocycles. The van der Waals surface area contributed by atoms with Crippen LogP contribution < -0.4 is 14.8 Å². The second-order valence-corrected chi connectivity index (χ2v) is 5.28. The molecule has 0 unspecified atom stereocenters. The minimum absolute atomic E-state index is 0.00867. The van der Waals surface area contributed by atoms with Crippen LogP contribution in [0.3, 0.4) is 0 Å². The molecule has 2 aromatic rings. The molecule has 1 heterocycles.